The Balaban J connectivity index is 1.69. The van der Waals surface area contributed by atoms with Crippen LogP contribution in [-0.4, -0.2) is 23.1 Å². The molecule has 4 nitrogen and oxygen atoms in total. The number of hydrogen-bond donors (Lipinski definition) is 1. The highest BCUT2D eigenvalue weighted by atomic mass is 16.3. The highest BCUT2D eigenvalue weighted by Crippen LogP contribution is 2.25. The molecule has 106 valence electrons. The van der Waals surface area contributed by atoms with Crippen LogP contribution in [0.5, 0.6) is 0 Å². The molecule has 0 spiro atoms. The molecule has 0 amide bonds. The lowest BCUT2D eigenvalue weighted by Crippen LogP contribution is -2.28. The number of fused-ring (bicyclic) bond motifs is 1. The number of rotatable bonds is 5. The van der Waals surface area contributed by atoms with Gasteiger partial charge in [0, 0.05) is 11.9 Å². The number of nitrogens with one attached hydrogen (secondary N) is 1. The van der Waals surface area contributed by atoms with Gasteiger partial charge in [0.2, 0.25) is 0 Å². The van der Waals surface area contributed by atoms with Crippen molar-refractivity contribution in [2.24, 2.45) is 5.92 Å². The molecule has 0 saturated heterocycles. The minimum absolute atomic E-state index is 0.720. The van der Waals surface area contributed by atoms with Crippen LogP contribution in [0.3, 0.4) is 0 Å². The minimum atomic E-state index is 0.720. The monoisotopic (exact) mass is 271 g/mol. The van der Waals surface area contributed by atoms with E-state index in [9.17, 15) is 0 Å². The van der Waals surface area contributed by atoms with Crippen molar-refractivity contribution in [1.29, 1.82) is 0 Å². The van der Waals surface area contributed by atoms with Gasteiger partial charge in [-0.2, -0.15) is 0 Å². The Morgan fingerprint density at radius 1 is 1.45 bits per heavy atom. The van der Waals surface area contributed by atoms with Gasteiger partial charge in [-0.15, -0.1) is 0 Å². The van der Waals surface area contributed by atoms with Gasteiger partial charge >= 0.3 is 0 Å². The predicted molar refractivity (Wildman–Crippen MR) is 78.4 cm³/mol. The average molecular weight is 271 g/mol. The zero-order valence-electron chi connectivity index (χ0n) is 11.9. The third-order valence-corrected chi connectivity index (χ3v) is 3.89. The number of hydrogen-bond acceptors (Lipinski definition) is 4. The van der Waals surface area contributed by atoms with Gasteiger partial charge in [0.15, 0.2) is 5.82 Å². The predicted octanol–water partition coefficient (Wildman–Crippen LogP) is 2.84. The fourth-order valence-electron chi connectivity index (χ4n) is 2.77. The van der Waals surface area contributed by atoms with Crippen molar-refractivity contribution in [1.82, 2.24) is 15.3 Å². The Kier molecular flexibility index (Phi) is 4.11. The summed E-state index contributed by atoms with van der Waals surface area (Å²) in [5.41, 5.74) is 3.48. The second kappa shape index (κ2) is 6.18. The molecule has 20 heavy (non-hydrogen) atoms. The summed E-state index contributed by atoms with van der Waals surface area (Å²) in [4.78, 5) is 9.17. The maximum Gasteiger partial charge on any atom is 0.162 e. The SMILES string of the molecule is CCCNCC1CCc2nc(-c3ccoc3)ncc2C1. The molecule has 1 N–H and O–H groups in total. The van der Waals surface area contributed by atoms with Crippen molar-refractivity contribution in [2.75, 3.05) is 13.1 Å². The number of aryl methyl sites for hydroxylation is 1. The first-order chi connectivity index (χ1) is 9.86. The van der Waals surface area contributed by atoms with E-state index in [1.165, 1.54) is 24.1 Å². The Morgan fingerprint density at radius 3 is 3.20 bits per heavy atom. The second-order valence-electron chi connectivity index (χ2n) is 5.49. The molecule has 1 unspecified atom stereocenters. The third-order valence-electron chi connectivity index (χ3n) is 3.89. The molecule has 3 rings (SSSR count). The van der Waals surface area contributed by atoms with E-state index >= 15 is 0 Å². The van der Waals surface area contributed by atoms with Crippen molar-refractivity contribution in [2.45, 2.75) is 32.6 Å². The molecule has 1 atom stereocenters. The zero-order valence-corrected chi connectivity index (χ0v) is 11.9. The summed E-state index contributed by atoms with van der Waals surface area (Å²) in [5.74, 6) is 1.50. The van der Waals surface area contributed by atoms with Crippen molar-refractivity contribution < 1.29 is 4.42 Å². The van der Waals surface area contributed by atoms with Crippen molar-refractivity contribution >= 4 is 0 Å². The molecule has 1 aliphatic carbocycles. The maximum atomic E-state index is 5.10. The highest BCUT2D eigenvalue weighted by Gasteiger charge is 2.20. The van der Waals surface area contributed by atoms with E-state index < -0.39 is 0 Å². The van der Waals surface area contributed by atoms with Gasteiger partial charge in [0.05, 0.1) is 11.8 Å². The van der Waals surface area contributed by atoms with Crippen molar-refractivity contribution in [3.63, 3.8) is 0 Å². The Bertz CT molecular complexity index is 551. The maximum absolute atomic E-state index is 5.10. The molecule has 0 fully saturated rings. The van der Waals surface area contributed by atoms with E-state index in [0.29, 0.717) is 0 Å². The van der Waals surface area contributed by atoms with E-state index in [0.717, 1.165) is 43.2 Å². The van der Waals surface area contributed by atoms with Gasteiger partial charge in [-0.25, -0.2) is 9.97 Å². The fourth-order valence-corrected chi connectivity index (χ4v) is 2.77. The number of nitrogens with zero attached hydrogens (tertiary/aromatic N) is 2. The topological polar surface area (TPSA) is 51.0 Å². The van der Waals surface area contributed by atoms with Crippen LogP contribution in [-0.2, 0) is 12.8 Å². The van der Waals surface area contributed by atoms with Crippen LogP contribution in [0.1, 0.15) is 31.0 Å². The molecule has 0 saturated carbocycles. The van der Waals surface area contributed by atoms with Gasteiger partial charge in [-0.05, 0) is 56.3 Å². The summed E-state index contributed by atoms with van der Waals surface area (Å²) >= 11 is 0. The van der Waals surface area contributed by atoms with E-state index in [4.69, 9.17) is 9.40 Å². The summed E-state index contributed by atoms with van der Waals surface area (Å²) in [6, 6.07) is 1.90. The summed E-state index contributed by atoms with van der Waals surface area (Å²) < 4.78 is 5.10. The van der Waals surface area contributed by atoms with Crippen LogP contribution in [0.2, 0.25) is 0 Å². The zero-order chi connectivity index (χ0) is 13.8. The van der Waals surface area contributed by atoms with Crippen molar-refractivity contribution in [3.8, 4) is 11.4 Å². The average Bonchev–Trinajstić information content (AvgIpc) is 3.01. The first-order valence-corrected chi connectivity index (χ1v) is 7.45. The number of aromatic nitrogens is 2. The van der Waals surface area contributed by atoms with Gasteiger partial charge in [-0.3, -0.25) is 0 Å². The van der Waals surface area contributed by atoms with Crippen LogP contribution < -0.4 is 5.32 Å². The molecule has 4 heteroatoms. The van der Waals surface area contributed by atoms with Gasteiger partial charge in [0.25, 0.3) is 0 Å². The lowest BCUT2D eigenvalue weighted by molar-refractivity contribution is 0.420. The van der Waals surface area contributed by atoms with Gasteiger partial charge < -0.3 is 9.73 Å². The molecule has 0 aromatic carbocycles. The van der Waals surface area contributed by atoms with Gasteiger partial charge in [0.1, 0.15) is 6.26 Å². The Labute approximate surface area is 119 Å². The quantitative estimate of drug-likeness (QED) is 0.850. The minimum Gasteiger partial charge on any atom is -0.472 e. The molecule has 2 heterocycles. The molecule has 2 aromatic heterocycles. The first-order valence-electron chi connectivity index (χ1n) is 7.45. The van der Waals surface area contributed by atoms with Crippen LogP contribution in [0, 0.1) is 5.92 Å². The smallest absolute Gasteiger partial charge is 0.162 e. The van der Waals surface area contributed by atoms with Crippen LogP contribution in [0.15, 0.2) is 29.2 Å². The lowest BCUT2D eigenvalue weighted by Gasteiger charge is -2.24. The van der Waals surface area contributed by atoms with E-state index in [-0.39, 0.29) is 0 Å². The third kappa shape index (κ3) is 2.90. The van der Waals surface area contributed by atoms with E-state index in [1.54, 1.807) is 12.5 Å². The molecule has 0 radical (unpaired) electrons. The number of furan rings is 1. The summed E-state index contributed by atoms with van der Waals surface area (Å²) in [7, 11) is 0. The summed E-state index contributed by atoms with van der Waals surface area (Å²) in [6.07, 6.45) is 9.91. The molecular weight excluding hydrogens is 250 g/mol. The summed E-state index contributed by atoms with van der Waals surface area (Å²) in [5, 5.41) is 3.52. The Morgan fingerprint density at radius 2 is 2.40 bits per heavy atom. The van der Waals surface area contributed by atoms with Crippen LogP contribution in [0.25, 0.3) is 11.4 Å². The summed E-state index contributed by atoms with van der Waals surface area (Å²) in [6.45, 7) is 4.42. The van der Waals surface area contributed by atoms with Crippen molar-refractivity contribution in [3.05, 3.63) is 36.0 Å². The fraction of sp³-hybridized carbons (Fsp3) is 0.500. The van der Waals surface area contributed by atoms with E-state index in [1.807, 2.05) is 12.3 Å². The first kappa shape index (κ1) is 13.3. The van der Waals surface area contributed by atoms with Crippen LogP contribution >= 0.6 is 0 Å². The van der Waals surface area contributed by atoms with E-state index in [2.05, 4.69) is 17.2 Å². The van der Waals surface area contributed by atoms with Gasteiger partial charge in [-0.1, -0.05) is 6.92 Å². The molecule has 2 aromatic rings. The van der Waals surface area contributed by atoms with Crippen LogP contribution in [0.4, 0.5) is 0 Å². The largest absolute Gasteiger partial charge is 0.472 e. The molecular formula is C16H21N3O. The lowest BCUT2D eigenvalue weighted by atomic mass is 9.87. The molecule has 1 aliphatic rings. The molecule has 0 aliphatic heterocycles. The molecule has 0 bridgehead atoms. The second-order valence-corrected chi connectivity index (χ2v) is 5.49. The standard InChI is InChI=1S/C16H21N3O/c1-2-6-17-9-12-3-4-15-14(8-12)10-18-16(19-15)13-5-7-20-11-13/h5,7,10-12,17H,2-4,6,8-9H2,1H3. The highest BCUT2D eigenvalue weighted by molar-refractivity contribution is 5.52. The normalized spacial score (nSPS) is 17.9. The Hall–Kier alpha value is -1.68.